The third-order valence-corrected chi connectivity index (χ3v) is 4.18. The predicted octanol–water partition coefficient (Wildman–Crippen LogP) is 3.24. The number of ether oxygens (including phenoxy) is 1. The zero-order valence-electron chi connectivity index (χ0n) is 11.8. The number of para-hydroxylation sites is 1. The van der Waals surface area contributed by atoms with Crippen molar-refractivity contribution in [3.05, 3.63) is 24.3 Å². The highest BCUT2D eigenvalue weighted by Crippen LogP contribution is 2.30. The highest BCUT2D eigenvalue weighted by molar-refractivity contribution is 7.99. The third kappa shape index (κ3) is 3.10. The summed E-state index contributed by atoms with van der Waals surface area (Å²) in [6, 6.07) is 7.87. The minimum Gasteiger partial charge on any atom is -0.496 e. The first kappa shape index (κ1) is 13.9. The topological polar surface area (TPSA) is 39.9 Å². The van der Waals surface area contributed by atoms with Gasteiger partial charge in [-0.2, -0.15) is 0 Å². The second kappa shape index (κ2) is 6.10. The molecule has 1 aromatic carbocycles. The smallest absolute Gasteiger partial charge is 0.191 e. The number of thioether (sulfide) groups is 1. The SMILES string of the molecule is COc1ccccc1-c1nnc(SCC(C)C)n1C. The molecule has 0 fully saturated rings. The van der Waals surface area contributed by atoms with E-state index in [9.17, 15) is 0 Å². The summed E-state index contributed by atoms with van der Waals surface area (Å²) in [5, 5.41) is 9.48. The van der Waals surface area contributed by atoms with Crippen LogP contribution in [0.3, 0.4) is 0 Å². The normalized spacial score (nSPS) is 11.0. The lowest BCUT2D eigenvalue weighted by Crippen LogP contribution is -1.98. The van der Waals surface area contributed by atoms with E-state index in [-0.39, 0.29) is 0 Å². The summed E-state index contributed by atoms with van der Waals surface area (Å²) in [4.78, 5) is 0. The van der Waals surface area contributed by atoms with E-state index >= 15 is 0 Å². The highest BCUT2D eigenvalue weighted by Gasteiger charge is 2.14. The van der Waals surface area contributed by atoms with E-state index in [0.29, 0.717) is 5.92 Å². The van der Waals surface area contributed by atoms with Crippen molar-refractivity contribution in [3.8, 4) is 17.1 Å². The van der Waals surface area contributed by atoms with Gasteiger partial charge in [-0.05, 0) is 18.1 Å². The van der Waals surface area contributed by atoms with Crippen LogP contribution in [-0.4, -0.2) is 27.6 Å². The molecule has 1 aromatic heterocycles. The maximum absolute atomic E-state index is 5.37. The monoisotopic (exact) mass is 277 g/mol. The first-order chi connectivity index (χ1) is 9.13. The first-order valence-electron chi connectivity index (χ1n) is 6.29. The molecule has 0 aliphatic heterocycles. The number of nitrogens with zero attached hydrogens (tertiary/aromatic N) is 3. The van der Waals surface area contributed by atoms with E-state index in [4.69, 9.17) is 4.74 Å². The molecule has 0 radical (unpaired) electrons. The minimum atomic E-state index is 0.636. The fourth-order valence-corrected chi connectivity index (χ4v) is 2.61. The van der Waals surface area contributed by atoms with Gasteiger partial charge < -0.3 is 9.30 Å². The molecule has 5 heteroatoms. The molecular formula is C14H19N3OS. The van der Waals surface area contributed by atoms with Crippen LogP contribution >= 0.6 is 11.8 Å². The van der Waals surface area contributed by atoms with Gasteiger partial charge in [-0.3, -0.25) is 0 Å². The van der Waals surface area contributed by atoms with E-state index in [0.717, 1.165) is 28.0 Å². The van der Waals surface area contributed by atoms with Gasteiger partial charge in [-0.1, -0.05) is 37.7 Å². The number of hydrogen-bond acceptors (Lipinski definition) is 4. The summed E-state index contributed by atoms with van der Waals surface area (Å²) < 4.78 is 7.39. The second-order valence-corrected chi connectivity index (χ2v) is 5.76. The van der Waals surface area contributed by atoms with Crippen molar-refractivity contribution >= 4 is 11.8 Å². The van der Waals surface area contributed by atoms with Crippen LogP contribution in [0.1, 0.15) is 13.8 Å². The van der Waals surface area contributed by atoms with Crippen LogP contribution in [0.25, 0.3) is 11.4 Å². The molecule has 19 heavy (non-hydrogen) atoms. The Balaban J connectivity index is 2.31. The Morgan fingerprint density at radius 3 is 2.68 bits per heavy atom. The first-order valence-corrected chi connectivity index (χ1v) is 7.27. The summed E-state index contributed by atoms with van der Waals surface area (Å²) in [5.74, 6) is 3.33. The van der Waals surface area contributed by atoms with Crippen LogP contribution in [0, 0.1) is 5.92 Å². The molecule has 102 valence electrons. The van der Waals surface area contributed by atoms with Crippen molar-refractivity contribution in [1.82, 2.24) is 14.8 Å². The molecule has 1 heterocycles. The van der Waals surface area contributed by atoms with Gasteiger partial charge in [0.2, 0.25) is 0 Å². The third-order valence-electron chi connectivity index (χ3n) is 2.73. The van der Waals surface area contributed by atoms with Crippen LogP contribution in [-0.2, 0) is 7.05 Å². The van der Waals surface area contributed by atoms with Crippen molar-refractivity contribution in [2.45, 2.75) is 19.0 Å². The zero-order valence-corrected chi connectivity index (χ0v) is 12.6. The Morgan fingerprint density at radius 1 is 1.26 bits per heavy atom. The zero-order chi connectivity index (χ0) is 13.8. The summed E-state index contributed by atoms with van der Waals surface area (Å²) in [6.45, 7) is 4.40. The fraction of sp³-hybridized carbons (Fsp3) is 0.429. The molecule has 0 spiro atoms. The molecule has 0 atom stereocenters. The maximum atomic E-state index is 5.37. The van der Waals surface area contributed by atoms with Gasteiger partial charge in [-0.25, -0.2) is 0 Å². The van der Waals surface area contributed by atoms with Crippen LogP contribution < -0.4 is 4.74 Å². The lowest BCUT2D eigenvalue weighted by molar-refractivity contribution is 0.416. The van der Waals surface area contributed by atoms with Crippen molar-refractivity contribution in [2.75, 3.05) is 12.9 Å². The van der Waals surface area contributed by atoms with E-state index in [1.54, 1.807) is 18.9 Å². The standard InChI is InChI=1S/C14H19N3OS/c1-10(2)9-19-14-16-15-13(17(14)3)11-7-5-6-8-12(11)18-4/h5-8,10H,9H2,1-4H3. The van der Waals surface area contributed by atoms with Crippen molar-refractivity contribution in [1.29, 1.82) is 0 Å². The summed E-state index contributed by atoms with van der Waals surface area (Å²) in [7, 11) is 3.66. The molecule has 0 N–H and O–H groups in total. The predicted molar refractivity (Wildman–Crippen MR) is 78.6 cm³/mol. The second-order valence-electron chi connectivity index (χ2n) is 4.77. The molecule has 0 aliphatic rings. The summed E-state index contributed by atoms with van der Waals surface area (Å²) in [5.41, 5.74) is 0.969. The highest BCUT2D eigenvalue weighted by atomic mass is 32.2. The minimum absolute atomic E-state index is 0.636. The molecule has 2 rings (SSSR count). The lowest BCUT2D eigenvalue weighted by atomic mass is 10.2. The van der Waals surface area contributed by atoms with E-state index in [1.165, 1.54) is 0 Å². The molecular weight excluding hydrogens is 258 g/mol. The molecule has 0 bridgehead atoms. The number of aromatic nitrogens is 3. The van der Waals surface area contributed by atoms with E-state index in [2.05, 4.69) is 24.0 Å². The van der Waals surface area contributed by atoms with Crippen LogP contribution in [0.5, 0.6) is 5.75 Å². The molecule has 4 nitrogen and oxygen atoms in total. The van der Waals surface area contributed by atoms with Crippen molar-refractivity contribution in [2.24, 2.45) is 13.0 Å². The van der Waals surface area contributed by atoms with Gasteiger partial charge in [0.05, 0.1) is 12.7 Å². The molecule has 0 unspecified atom stereocenters. The number of rotatable bonds is 5. The van der Waals surface area contributed by atoms with Crippen LogP contribution in [0.15, 0.2) is 29.4 Å². The van der Waals surface area contributed by atoms with Gasteiger partial charge in [0.15, 0.2) is 11.0 Å². The Kier molecular flexibility index (Phi) is 4.47. The quantitative estimate of drug-likeness (QED) is 0.787. The Labute approximate surface area is 118 Å². The Bertz CT molecular complexity index is 551. The summed E-state index contributed by atoms with van der Waals surface area (Å²) >= 11 is 1.73. The van der Waals surface area contributed by atoms with Gasteiger partial charge in [-0.15, -0.1) is 10.2 Å². The number of hydrogen-bond donors (Lipinski definition) is 0. The Morgan fingerprint density at radius 2 is 2.00 bits per heavy atom. The molecule has 0 saturated heterocycles. The van der Waals surface area contributed by atoms with Gasteiger partial charge in [0.25, 0.3) is 0 Å². The Hall–Kier alpha value is -1.49. The van der Waals surface area contributed by atoms with Crippen molar-refractivity contribution in [3.63, 3.8) is 0 Å². The molecule has 0 amide bonds. The maximum Gasteiger partial charge on any atom is 0.191 e. The average molecular weight is 277 g/mol. The summed E-state index contributed by atoms with van der Waals surface area (Å²) in [6.07, 6.45) is 0. The molecule has 0 saturated carbocycles. The van der Waals surface area contributed by atoms with Gasteiger partial charge in [0.1, 0.15) is 5.75 Å². The molecule has 0 aliphatic carbocycles. The lowest BCUT2D eigenvalue weighted by Gasteiger charge is -2.08. The number of benzene rings is 1. The van der Waals surface area contributed by atoms with E-state index in [1.807, 2.05) is 35.9 Å². The fourth-order valence-electron chi connectivity index (χ4n) is 1.75. The van der Waals surface area contributed by atoms with Gasteiger partial charge in [0, 0.05) is 12.8 Å². The van der Waals surface area contributed by atoms with Crippen molar-refractivity contribution < 1.29 is 4.74 Å². The van der Waals surface area contributed by atoms with Crippen LogP contribution in [0.4, 0.5) is 0 Å². The largest absolute Gasteiger partial charge is 0.496 e. The van der Waals surface area contributed by atoms with Gasteiger partial charge >= 0.3 is 0 Å². The van der Waals surface area contributed by atoms with E-state index < -0.39 is 0 Å². The van der Waals surface area contributed by atoms with Crippen LogP contribution in [0.2, 0.25) is 0 Å². The average Bonchev–Trinajstić information content (AvgIpc) is 2.77. The molecule has 2 aromatic rings. The number of methoxy groups -OCH3 is 1.